The second-order valence-electron chi connectivity index (χ2n) is 4.51. The van der Waals surface area contributed by atoms with E-state index < -0.39 is 0 Å². The van der Waals surface area contributed by atoms with E-state index in [4.69, 9.17) is 4.74 Å². The Bertz CT molecular complexity index is 185. The minimum Gasteiger partial charge on any atom is -0.359 e. The molecule has 2 saturated heterocycles. The number of nitrogens with one attached hydrogen (secondary N) is 2. The van der Waals surface area contributed by atoms with Gasteiger partial charge in [-0.2, -0.15) is 0 Å². The van der Waals surface area contributed by atoms with Crippen LogP contribution in [0.15, 0.2) is 0 Å². The molecule has 3 nitrogen and oxygen atoms in total. The first-order chi connectivity index (χ1) is 6.21. The molecule has 3 unspecified atom stereocenters. The fraction of sp³-hybridized carbons (Fsp3) is 1.00. The van der Waals surface area contributed by atoms with Crippen molar-refractivity contribution in [1.82, 2.24) is 10.6 Å². The fourth-order valence-corrected chi connectivity index (χ4v) is 2.43. The van der Waals surface area contributed by atoms with Crippen molar-refractivity contribution < 1.29 is 4.74 Å². The lowest BCUT2D eigenvalue weighted by Gasteiger charge is -2.36. The zero-order valence-electron chi connectivity index (χ0n) is 9.01. The lowest BCUT2D eigenvalue weighted by molar-refractivity contribution is -0.0498. The van der Waals surface area contributed by atoms with E-state index in [0.717, 1.165) is 13.2 Å². The van der Waals surface area contributed by atoms with E-state index in [-0.39, 0.29) is 18.1 Å². The summed E-state index contributed by atoms with van der Waals surface area (Å²) in [5.41, 5.74) is -0.0766. The predicted octanol–water partition coefficient (Wildman–Crippen LogP) is 1.13. The summed E-state index contributed by atoms with van der Waals surface area (Å²) >= 11 is 0. The average Bonchev–Trinajstić information content (AvgIpc) is 2.49. The molecular formula is C10H21ClN2O. The van der Waals surface area contributed by atoms with E-state index in [1.807, 2.05) is 0 Å². The molecule has 2 aliphatic heterocycles. The van der Waals surface area contributed by atoms with Gasteiger partial charge in [0, 0.05) is 18.5 Å². The zero-order valence-corrected chi connectivity index (χ0v) is 9.82. The predicted molar refractivity (Wildman–Crippen MR) is 59.8 cm³/mol. The third-order valence-electron chi connectivity index (χ3n) is 3.24. The first-order valence-corrected chi connectivity index (χ1v) is 5.33. The SMILES string of the molecule is CC1COC(C)(C2CCCNC2)N1.Cl. The number of rotatable bonds is 1. The van der Waals surface area contributed by atoms with Gasteiger partial charge in [0.2, 0.25) is 0 Å². The van der Waals surface area contributed by atoms with Crippen molar-refractivity contribution in [1.29, 1.82) is 0 Å². The van der Waals surface area contributed by atoms with Crippen molar-refractivity contribution in [3.05, 3.63) is 0 Å². The summed E-state index contributed by atoms with van der Waals surface area (Å²) in [5.74, 6) is 0.631. The molecule has 0 radical (unpaired) electrons. The third-order valence-corrected chi connectivity index (χ3v) is 3.24. The van der Waals surface area contributed by atoms with Crippen LogP contribution in [0.3, 0.4) is 0 Å². The van der Waals surface area contributed by atoms with Gasteiger partial charge in [-0.15, -0.1) is 12.4 Å². The highest BCUT2D eigenvalue weighted by Crippen LogP contribution is 2.29. The van der Waals surface area contributed by atoms with Crippen LogP contribution in [0.25, 0.3) is 0 Å². The molecule has 14 heavy (non-hydrogen) atoms. The summed E-state index contributed by atoms with van der Waals surface area (Å²) in [6, 6.07) is 0.506. The fourth-order valence-electron chi connectivity index (χ4n) is 2.43. The van der Waals surface area contributed by atoms with Gasteiger partial charge in [-0.3, -0.25) is 5.32 Å². The highest BCUT2D eigenvalue weighted by molar-refractivity contribution is 5.85. The maximum absolute atomic E-state index is 5.84. The topological polar surface area (TPSA) is 33.3 Å². The van der Waals surface area contributed by atoms with Crippen LogP contribution in [0.4, 0.5) is 0 Å². The van der Waals surface area contributed by atoms with Gasteiger partial charge < -0.3 is 10.1 Å². The molecule has 0 aromatic heterocycles. The molecule has 2 rings (SSSR count). The van der Waals surface area contributed by atoms with Crippen LogP contribution in [0, 0.1) is 5.92 Å². The molecule has 2 N–H and O–H groups in total. The zero-order chi connectivity index (χ0) is 9.31. The molecule has 0 aromatic carbocycles. The van der Waals surface area contributed by atoms with E-state index >= 15 is 0 Å². The van der Waals surface area contributed by atoms with E-state index in [9.17, 15) is 0 Å². The van der Waals surface area contributed by atoms with Crippen molar-refractivity contribution in [2.24, 2.45) is 5.92 Å². The Morgan fingerprint density at radius 2 is 2.21 bits per heavy atom. The number of halogens is 1. The van der Waals surface area contributed by atoms with E-state index in [1.165, 1.54) is 19.4 Å². The summed E-state index contributed by atoms with van der Waals surface area (Å²) in [5, 5.41) is 6.97. The second kappa shape index (κ2) is 4.79. The minimum absolute atomic E-state index is 0. The molecule has 3 atom stereocenters. The Balaban J connectivity index is 0.000000980. The van der Waals surface area contributed by atoms with Gasteiger partial charge in [-0.05, 0) is 33.2 Å². The van der Waals surface area contributed by atoms with Gasteiger partial charge in [0.15, 0.2) is 0 Å². The molecule has 2 aliphatic rings. The minimum atomic E-state index is -0.0766. The Morgan fingerprint density at radius 1 is 1.43 bits per heavy atom. The first kappa shape index (κ1) is 12.2. The highest BCUT2D eigenvalue weighted by atomic mass is 35.5. The molecule has 2 fully saturated rings. The van der Waals surface area contributed by atoms with Crippen molar-refractivity contribution in [2.45, 2.75) is 38.5 Å². The average molecular weight is 221 g/mol. The van der Waals surface area contributed by atoms with Gasteiger partial charge in [-0.25, -0.2) is 0 Å². The Kier molecular flexibility index (Phi) is 4.19. The van der Waals surface area contributed by atoms with E-state index in [2.05, 4.69) is 24.5 Å². The molecule has 0 amide bonds. The summed E-state index contributed by atoms with van der Waals surface area (Å²) in [4.78, 5) is 0. The van der Waals surface area contributed by atoms with Crippen LogP contribution < -0.4 is 10.6 Å². The molecule has 84 valence electrons. The van der Waals surface area contributed by atoms with Crippen molar-refractivity contribution in [3.8, 4) is 0 Å². The van der Waals surface area contributed by atoms with Crippen molar-refractivity contribution in [2.75, 3.05) is 19.7 Å². The van der Waals surface area contributed by atoms with Crippen LogP contribution in [-0.4, -0.2) is 31.5 Å². The lowest BCUT2D eigenvalue weighted by Crippen LogP contribution is -2.52. The molecule has 0 aromatic rings. The number of ether oxygens (including phenoxy) is 1. The standard InChI is InChI=1S/C10H20N2O.ClH/c1-8-7-13-10(2,12-8)9-4-3-5-11-6-9;/h8-9,11-12H,3-7H2,1-2H3;1H. The summed E-state index contributed by atoms with van der Waals surface area (Å²) in [6.45, 7) is 7.49. The van der Waals surface area contributed by atoms with E-state index in [1.54, 1.807) is 0 Å². The monoisotopic (exact) mass is 220 g/mol. The molecular weight excluding hydrogens is 200 g/mol. The summed E-state index contributed by atoms with van der Waals surface area (Å²) in [7, 11) is 0. The molecule has 0 aliphatic carbocycles. The molecule has 0 saturated carbocycles. The number of hydrogen-bond donors (Lipinski definition) is 2. The quantitative estimate of drug-likeness (QED) is 0.695. The summed E-state index contributed by atoms with van der Waals surface area (Å²) in [6.07, 6.45) is 2.56. The lowest BCUT2D eigenvalue weighted by atomic mass is 9.89. The Hall–Kier alpha value is 0.170. The normalized spacial score (nSPS) is 43.3. The molecule has 4 heteroatoms. The smallest absolute Gasteiger partial charge is 0.120 e. The maximum Gasteiger partial charge on any atom is 0.120 e. The first-order valence-electron chi connectivity index (χ1n) is 5.33. The molecule has 0 bridgehead atoms. The second-order valence-corrected chi connectivity index (χ2v) is 4.51. The molecule has 0 spiro atoms. The molecule has 2 heterocycles. The number of hydrogen-bond acceptors (Lipinski definition) is 3. The largest absolute Gasteiger partial charge is 0.359 e. The summed E-state index contributed by atoms with van der Waals surface area (Å²) < 4.78 is 5.84. The van der Waals surface area contributed by atoms with Crippen LogP contribution in [0.2, 0.25) is 0 Å². The highest BCUT2D eigenvalue weighted by Gasteiger charge is 2.40. The van der Waals surface area contributed by atoms with Gasteiger partial charge in [0.05, 0.1) is 6.61 Å². The Labute approximate surface area is 92.4 Å². The van der Waals surface area contributed by atoms with Crippen molar-refractivity contribution in [3.63, 3.8) is 0 Å². The van der Waals surface area contributed by atoms with Gasteiger partial charge >= 0.3 is 0 Å². The van der Waals surface area contributed by atoms with Gasteiger partial charge in [-0.1, -0.05) is 0 Å². The van der Waals surface area contributed by atoms with Crippen LogP contribution in [0.1, 0.15) is 26.7 Å². The van der Waals surface area contributed by atoms with Crippen LogP contribution in [0.5, 0.6) is 0 Å². The van der Waals surface area contributed by atoms with Gasteiger partial charge in [0.25, 0.3) is 0 Å². The number of piperidine rings is 1. The van der Waals surface area contributed by atoms with E-state index in [0.29, 0.717) is 12.0 Å². The Morgan fingerprint density at radius 3 is 2.71 bits per heavy atom. The van der Waals surface area contributed by atoms with Crippen molar-refractivity contribution >= 4 is 12.4 Å². The maximum atomic E-state index is 5.84. The van der Waals surface area contributed by atoms with Gasteiger partial charge in [0.1, 0.15) is 5.72 Å². The van der Waals surface area contributed by atoms with Crippen LogP contribution in [-0.2, 0) is 4.74 Å². The third kappa shape index (κ3) is 2.40. The van der Waals surface area contributed by atoms with Crippen LogP contribution >= 0.6 is 12.4 Å².